The number of halogens is 4. The monoisotopic (exact) mass is 615 g/mol. The second-order valence-electron chi connectivity index (χ2n) is 9.98. The average molecular weight is 618 g/mol. The van der Waals surface area contributed by atoms with Crippen LogP contribution in [0.25, 0.3) is 11.0 Å². The number of aromatic nitrogens is 3. The van der Waals surface area contributed by atoms with Crippen molar-refractivity contribution < 1.29 is 17.0 Å². The maximum atomic E-state index is 13.9. The minimum atomic E-state index is -2.18. The Hall–Kier alpha value is 0.0106. The van der Waals surface area contributed by atoms with Gasteiger partial charge in [0.05, 0.1) is 15.5 Å². The molecule has 0 aliphatic carbocycles. The van der Waals surface area contributed by atoms with Crippen LogP contribution >= 0.6 is 31.9 Å². The summed E-state index contributed by atoms with van der Waals surface area (Å²) in [5.41, 5.74) is 0.638. The van der Waals surface area contributed by atoms with E-state index in [0.717, 1.165) is 31.7 Å². The van der Waals surface area contributed by atoms with Crippen molar-refractivity contribution in [1.82, 2.24) is 15.0 Å². The number of aryl methyl sites for hydroxylation is 1. The van der Waals surface area contributed by atoms with E-state index in [4.69, 9.17) is 8.23 Å². The molecule has 0 amide bonds. The number of fused-ring (bicyclic) bond motifs is 1. The predicted molar refractivity (Wildman–Crippen MR) is 137 cm³/mol. The Morgan fingerprint density at radius 3 is 1.58 bits per heavy atom. The molecule has 2 rings (SSSR count). The number of nitrogens with zero attached hydrogens (tertiary/aromatic N) is 3. The van der Waals surface area contributed by atoms with Crippen molar-refractivity contribution in [3.63, 3.8) is 0 Å². The van der Waals surface area contributed by atoms with Gasteiger partial charge in [-0.1, -0.05) is 19.3 Å². The van der Waals surface area contributed by atoms with E-state index in [1.807, 2.05) is 0 Å². The molecular weight excluding hydrogens is 584 g/mol. The molecule has 1 aromatic heterocycles. The second-order valence-corrected chi connectivity index (χ2v) is 24.4. The number of hydrogen-bond donors (Lipinski definition) is 0. The smallest absolute Gasteiger partial charge is 0.314 e. The fraction of sp³-hybridized carbons (Fsp3) is 0.684. The highest BCUT2D eigenvalue weighted by molar-refractivity contribution is 9.11. The molecule has 0 saturated carbocycles. The Labute approximate surface area is 204 Å². The Morgan fingerprint density at radius 1 is 0.742 bits per heavy atom. The molecule has 0 spiro atoms. The molecule has 0 aliphatic rings. The fourth-order valence-electron chi connectivity index (χ4n) is 3.62. The van der Waals surface area contributed by atoms with E-state index >= 15 is 0 Å². The number of benzene rings is 1. The highest BCUT2D eigenvalue weighted by Gasteiger charge is 2.39. The quantitative estimate of drug-likeness (QED) is 0.113. The fourth-order valence-corrected chi connectivity index (χ4v) is 17.1. The summed E-state index contributed by atoms with van der Waals surface area (Å²) in [5.74, 6) is -1.92. The van der Waals surface area contributed by atoms with E-state index in [2.05, 4.69) is 87.9 Å². The van der Waals surface area contributed by atoms with Gasteiger partial charge in [-0.25, -0.2) is 8.78 Å². The maximum absolute atomic E-state index is 13.9. The van der Waals surface area contributed by atoms with Gasteiger partial charge in [0.1, 0.15) is 11.0 Å². The first-order chi connectivity index (χ1) is 14.1. The van der Waals surface area contributed by atoms with Crippen LogP contribution in [0.2, 0.25) is 51.9 Å². The summed E-state index contributed by atoms with van der Waals surface area (Å²) in [6, 6.07) is 1.00. The summed E-state index contributed by atoms with van der Waals surface area (Å²) < 4.78 is 40.9. The van der Waals surface area contributed by atoms with Crippen LogP contribution in [0.5, 0.6) is 0 Å². The van der Waals surface area contributed by atoms with E-state index in [0.29, 0.717) is 17.6 Å². The Bertz CT molecular complexity index is 857. The van der Waals surface area contributed by atoms with Crippen molar-refractivity contribution in [2.24, 2.45) is 0 Å². The predicted octanol–water partition coefficient (Wildman–Crippen LogP) is 7.57. The molecule has 31 heavy (non-hydrogen) atoms. The van der Waals surface area contributed by atoms with Crippen molar-refractivity contribution in [1.29, 1.82) is 0 Å². The molecule has 0 fully saturated rings. The molecule has 0 N–H and O–H groups in total. The zero-order chi connectivity index (χ0) is 23.6. The van der Waals surface area contributed by atoms with Crippen LogP contribution in [-0.2, 0) is 14.8 Å². The van der Waals surface area contributed by atoms with Gasteiger partial charge in [0.2, 0.25) is 0 Å². The van der Waals surface area contributed by atoms with Gasteiger partial charge in [-0.2, -0.15) is 15.0 Å². The topological polar surface area (TPSA) is 49.2 Å². The van der Waals surface area contributed by atoms with Gasteiger partial charge in [0.25, 0.3) is 0 Å². The molecule has 176 valence electrons. The molecule has 5 nitrogen and oxygen atoms in total. The Balaban J connectivity index is 1.88. The summed E-state index contributed by atoms with van der Waals surface area (Å²) in [6.07, 6.45) is 4.06. The molecule has 1 heterocycles. The lowest BCUT2D eigenvalue weighted by Gasteiger charge is -2.38. The number of rotatable bonds is 11. The van der Waals surface area contributed by atoms with Gasteiger partial charge in [-0.15, -0.1) is 0 Å². The van der Waals surface area contributed by atoms with Gasteiger partial charge < -0.3 is 8.23 Å². The van der Waals surface area contributed by atoms with E-state index in [1.54, 1.807) is 0 Å². The van der Waals surface area contributed by atoms with Gasteiger partial charge in [-0.05, 0) is 90.2 Å². The first-order valence-corrected chi connectivity index (χ1v) is 21.5. The number of unbranched alkanes of at least 4 members (excludes halogenated alkanes) is 3. The van der Waals surface area contributed by atoms with Gasteiger partial charge in [-0.3, -0.25) is 0 Å². The van der Waals surface area contributed by atoms with Crippen LogP contribution in [-0.4, -0.2) is 40.2 Å². The molecule has 0 aliphatic heterocycles. The Kier molecular flexibility index (Phi) is 9.25. The first kappa shape index (κ1) is 27.3. The zero-order valence-electron chi connectivity index (χ0n) is 19.4. The van der Waals surface area contributed by atoms with Crippen LogP contribution in [0.4, 0.5) is 8.78 Å². The average Bonchev–Trinajstić information content (AvgIpc) is 3.02. The third-order valence-corrected chi connectivity index (χ3v) is 15.5. The molecule has 2 aromatic rings. The lowest BCUT2D eigenvalue weighted by molar-refractivity contribution is 0.379. The third-order valence-electron chi connectivity index (χ3n) is 4.43. The van der Waals surface area contributed by atoms with Crippen molar-refractivity contribution in [2.75, 3.05) is 0 Å². The minimum Gasteiger partial charge on any atom is -0.437 e. The molecule has 1 aromatic carbocycles. The molecule has 0 radical (unpaired) electrons. The highest BCUT2D eigenvalue weighted by atomic mass is 79.9. The summed E-state index contributed by atoms with van der Waals surface area (Å²) >= 11 is 6.15. The lowest BCUT2D eigenvalue weighted by atomic mass is 10.2. The third kappa shape index (κ3) is 8.07. The van der Waals surface area contributed by atoms with Gasteiger partial charge >= 0.3 is 8.56 Å². The standard InChI is InChI=1S/C19H33Br2F2N3O2Si3/c1-29(2,3)27-31(7,28-30(4,5)6)13-11-9-8-10-12-26-24-18-14(20)16(22)17(23)15(21)19(18)25-26/h8-13H2,1-7H3. The van der Waals surface area contributed by atoms with Crippen LogP contribution in [0, 0.1) is 11.6 Å². The summed E-state index contributed by atoms with van der Waals surface area (Å²) in [7, 11) is -5.51. The Morgan fingerprint density at radius 2 is 1.16 bits per heavy atom. The molecule has 0 saturated heterocycles. The summed E-state index contributed by atoms with van der Waals surface area (Å²) in [6.45, 7) is 16.2. The van der Waals surface area contributed by atoms with Crippen molar-refractivity contribution in [3.05, 3.63) is 20.6 Å². The van der Waals surface area contributed by atoms with E-state index in [1.165, 1.54) is 4.80 Å². The van der Waals surface area contributed by atoms with Crippen LogP contribution in [0.15, 0.2) is 8.95 Å². The first-order valence-electron chi connectivity index (χ1n) is 10.6. The van der Waals surface area contributed by atoms with E-state index < -0.39 is 36.8 Å². The number of hydrogen-bond acceptors (Lipinski definition) is 4. The lowest BCUT2D eigenvalue weighted by Crippen LogP contribution is -2.52. The van der Waals surface area contributed by atoms with Crippen molar-refractivity contribution in [3.8, 4) is 0 Å². The summed E-state index contributed by atoms with van der Waals surface area (Å²) in [4.78, 5) is 1.51. The van der Waals surface area contributed by atoms with Crippen LogP contribution in [0.1, 0.15) is 25.7 Å². The van der Waals surface area contributed by atoms with Crippen molar-refractivity contribution in [2.45, 2.75) is 84.1 Å². The highest BCUT2D eigenvalue weighted by Crippen LogP contribution is 2.33. The van der Waals surface area contributed by atoms with Gasteiger partial charge in [0.15, 0.2) is 28.3 Å². The molecule has 0 unspecified atom stereocenters. The second kappa shape index (κ2) is 10.5. The van der Waals surface area contributed by atoms with E-state index in [9.17, 15) is 8.78 Å². The molecular formula is C19H33Br2F2N3O2Si3. The summed E-state index contributed by atoms with van der Waals surface area (Å²) in [5, 5.41) is 8.62. The van der Waals surface area contributed by atoms with Crippen molar-refractivity contribution >= 4 is 68.1 Å². The zero-order valence-corrected chi connectivity index (χ0v) is 25.6. The normalized spacial score (nSPS) is 13.4. The minimum absolute atomic E-state index is 0.00323. The van der Waals surface area contributed by atoms with E-state index in [-0.39, 0.29) is 8.95 Å². The SMILES string of the molecule is C[Si](C)(C)O[Si](C)(CCCCCCn1nc2c(Br)c(F)c(F)c(Br)c2n1)O[Si](C)(C)C. The molecule has 12 heteroatoms. The maximum Gasteiger partial charge on any atom is 0.314 e. The largest absolute Gasteiger partial charge is 0.437 e. The molecule has 0 bridgehead atoms. The molecule has 0 atom stereocenters. The van der Waals surface area contributed by atoms with Gasteiger partial charge in [0, 0.05) is 0 Å². The van der Waals surface area contributed by atoms with Crippen LogP contribution in [0.3, 0.4) is 0 Å². The van der Waals surface area contributed by atoms with Crippen LogP contribution < -0.4 is 0 Å².